The van der Waals surface area contributed by atoms with E-state index in [2.05, 4.69) is 48.4 Å². The van der Waals surface area contributed by atoms with Gasteiger partial charge in [0.2, 0.25) is 0 Å². The topological polar surface area (TPSA) is 45.2 Å². The van der Waals surface area contributed by atoms with Crippen molar-refractivity contribution in [1.82, 2.24) is 15.2 Å². The minimum atomic E-state index is 0.0953. The number of pyridine rings is 1. The summed E-state index contributed by atoms with van der Waals surface area (Å²) in [5, 5.41) is 4.49. The molecule has 2 aromatic carbocycles. The Kier molecular flexibility index (Phi) is 4.66. The van der Waals surface area contributed by atoms with E-state index < -0.39 is 0 Å². The Hall–Kier alpha value is -2.72. The van der Waals surface area contributed by atoms with E-state index in [0.29, 0.717) is 6.54 Å². The number of fused-ring (bicyclic) bond motifs is 1. The number of hydrogen-bond acceptors (Lipinski definition) is 3. The molecular weight excluding hydrogens is 334 g/mol. The van der Waals surface area contributed by atoms with Crippen LogP contribution in [0.3, 0.4) is 0 Å². The van der Waals surface area contributed by atoms with Crippen LogP contribution in [0.15, 0.2) is 48.5 Å². The first-order valence-corrected chi connectivity index (χ1v) is 9.49. The van der Waals surface area contributed by atoms with Crippen molar-refractivity contribution in [3.05, 3.63) is 76.5 Å². The van der Waals surface area contributed by atoms with Crippen LogP contribution >= 0.6 is 0 Å². The van der Waals surface area contributed by atoms with Crippen LogP contribution in [0.5, 0.6) is 0 Å². The molecule has 0 unspecified atom stereocenters. The normalized spacial score (nSPS) is 17.3. The van der Waals surface area contributed by atoms with Gasteiger partial charge in [-0.2, -0.15) is 0 Å². The molecular formula is C23H25N3O. The lowest BCUT2D eigenvalue weighted by Crippen LogP contribution is -2.48. The van der Waals surface area contributed by atoms with E-state index in [4.69, 9.17) is 0 Å². The first-order valence-electron chi connectivity index (χ1n) is 9.49. The van der Waals surface area contributed by atoms with Gasteiger partial charge in [-0.1, -0.05) is 42.0 Å². The van der Waals surface area contributed by atoms with Gasteiger partial charge in [0.25, 0.3) is 5.91 Å². The number of hydrogen-bond donors (Lipinski definition) is 1. The number of piperazine rings is 1. The fraction of sp³-hybridized carbons (Fsp3) is 0.304. The van der Waals surface area contributed by atoms with Gasteiger partial charge in [0.15, 0.2) is 0 Å². The van der Waals surface area contributed by atoms with E-state index in [9.17, 15) is 4.79 Å². The SMILES string of the molecule is Cc1cc(C)c2nc(C)cc(C(=O)N3CCN[C@H](c4ccccc4)C3)c2c1. The van der Waals surface area contributed by atoms with Gasteiger partial charge in [-0.15, -0.1) is 0 Å². The summed E-state index contributed by atoms with van der Waals surface area (Å²) in [6.45, 7) is 8.28. The van der Waals surface area contributed by atoms with Crippen molar-refractivity contribution in [1.29, 1.82) is 0 Å². The lowest BCUT2D eigenvalue weighted by atomic mass is 9.99. The van der Waals surface area contributed by atoms with Gasteiger partial charge in [0.05, 0.1) is 11.1 Å². The molecule has 1 atom stereocenters. The highest BCUT2D eigenvalue weighted by atomic mass is 16.2. The maximum absolute atomic E-state index is 13.4. The molecule has 1 aliphatic rings. The van der Waals surface area contributed by atoms with Crippen LogP contribution in [0.25, 0.3) is 10.9 Å². The van der Waals surface area contributed by atoms with Gasteiger partial charge in [-0.3, -0.25) is 9.78 Å². The van der Waals surface area contributed by atoms with E-state index >= 15 is 0 Å². The van der Waals surface area contributed by atoms with Crippen LogP contribution in [0, 0.1) is 20.8 Å². The largest absolute Gasteiger partial charge is 0.335 e. The molecule has 4 nitrogen and oxygen atoms in total. The smallest absolute Gasteiger partial charge is 0.254 e. The number of nitrogens with one attached hydrogen (secondary N) is 1. The average Bonchev–Trinajstić information content (AvgIpc) is 2.68. The summed E-state index contributed by atoms with van der Waals surface area (Å²) < 4.78 is 0. The molecule has 1 saturated heterocycles. The van der Waals surface area contributed by atoms with Crippen molar-refractivity contribution >= 4 is 16.8 Å². The summed E-state index contributed by atoms with van der Waals surface area (Å²) >= 11 is 0. The van der Waals surface area contributed by atoms with Crippen molar-refractivity contribution in [3.63, 3.8) is 0 Å². The van der Waals surface area contributed by atoms with Gasteiger partial charge in [0, 0.05) is 36.8 Å². The molecule has 4 heteroatoms. The third-order valence-corrected chi connectivity index (χ3v) is 5.27. The molecule has 3 aromatic rings. The Morgan fingerprint density at radius 1 is 1.11 bits per heavy atom. The zero-order valence-electron chi connectivity index (χ0n) is 16.1. The van der Waals surface area contributed by atoms with Crippen LogP contribution in [0.2, 0.25) is 0 Å². The molecule has 1 N–H and O–H groups in total. The Labute approximate surface area is 160 Å². The molecule has 1 aliphatic heterocycles. The Balaban J connectivity index is 1.70. The van der Waals surface area contributed by atoms with Crippen molar-refractivity contribution in [2.75, 3.05) is 19.6 Å². The number of benzene rings is 2. The number of amides is 1. The molecule has 0 radical (unpaired) electrons. The molecule has 0 saturated carbocycles. The van der Waals surface area contributed by atoms with Crippen molar-refractivity contribution in [2.45, 2.75) is 26.8 Å². The molecule has 27 heavy (non-hydrogen) atoms. The van der Waals surface area contributed by atoms with E-state index in [1.165, 1.54) is 5.56 Å². The minimum absolute atomic E-state index is 0.0953. The average molecular weight is 359 g/mol. The maximum atomic E-state index is 13.4. The molecule has 4 rings (SSSR count). The molecule has 0 bridgehead atoms. The summed E-state index contributed by atoms with van der Waals surface area (Å²) in [6, 6.07) is 16.6. The third kappa shape index (κ3) is 3.45. The number of aryl methyl sites for hydroxylation is 3. The maximum Gasteiger partial charge on any atom is 0.254 e. The Bertz CT molecular complexity index is 997. The molecule has 2 heterocycles. The predicted octanol–water partition coefficient (Wildman–Crippen LogP) is 3.95. The Morgan fingerprint density at radius 3 is 2.67 bits per heavy atom. The van der Waals surface area contributed by atoms with Gasteiger partial charge in [-0.05, 0) is 44.0 Å². The Morgan fingerprint density at radius 2 is 1.89 bits per heavy atom. The van der Waals surface area contributed by atoms with Crippen LogP contribution in [-0.4, -0.2) is 35.4 Å². The third-order valence-electron chi connectivity index (χ3n) is 5.27. The zero-order chi connectivity index (χ0) is 19.0. The van der Waals surface area contributed by atoms with Gasteiger partial charge >= 0.3 is 0 Å². The molecule has 1 amide bonds. The summed E-state index contributed by atoms with van der Waals surface area (Å²) in [7, 11) is 0. The minimum Gasteiger partial charge on any atom is -0.335 e. The van der Waals surface area contributed by atoms with E-state index in [1.54, 1.807) is 0 Å². The van der Waals surface area contributed by atoms with Crippen LogP contribution in [-0.2, 0) is 0 Å². The number of nitrogens with zero attached hydrogens (tertiary/aromatic N) is 2. The first-order chi connectivity index (χ1) is 13.0. The van der Waals surface area contributed by atoms with Crippen LogP contribution in [0.4, 0.5) is 0 Å². The zero-order valence-corrected chi connectivity index (χ0v) is 16.1. The monoisotopic (exact) mass is 359 g/mol. The second-order valence-corrected chi connectivity index (χ2v) is 7.46. The molecule has 138 valence electrons. The second kappa shape index (κ2) is 7.12. The van der Waals surface area contributed by atoms with Crippen molar-refractivity contribution in [2.24, 2.45) is 0 Å². The van der Waals surface area contributed by atoms with Gasteiger partial charge < -0.3 is 10.2 Å². The van der Waals surface area contributed by atoms with E-state index in [0.717, 1.165) is 46.4 Å². The number of carbonyl (C=O) groups is 1. The summed E-state index contributed by atoms with van der Waals surface area (Å²) in [5.41, 5.74) is 6.06. The number of aromatic nitrogens is 1. The predicted molar refractivity (Wildman–Crippen MR) is 109 cm³/mol. The summed E-state index contributed by atoms with van der Waals surface area (Å²) in [5.74, 6) is 0.0953. The van der Waals surface area contributed by atoms with Crippen molar-refractivity contribution < 1.29 is 4.79 Å². The first kappa shape index (κ1) is 17.7. The van der Waals surface area contributed by atoms with Crippen LogP contribution in [0.1, 0.15) is 38.8 Å². The number of carbonyl (C=O) groups excluding carboxylic acids is 1. The van der Waals surface area contributed by atoms with Crippen LogP contribution < -0.4 is 5.32 Å². The van der Waals surface area contributed by atoms with E-state index in [-0.39, 0.29) is 11.9 Å². The highest BCUT2D eigenvalue weighted by Gasteiger charge is 2.26. The fourth-order valence-electron chi connectivity index (χ4n) is 4.00. The molecule has 0 spiro atoms. The molecule has 1 fully saturated rings. The lowest BCUT2D eigenvalue weighted by molar-refractivity contribution is 0.0705. The summed E-state index contributed by atoms with van der Waals surface area (Å²) in [6.07, 6.45) is 0. The number of rotatable bonds is 2. The standard InChI is InChI=1S/C23H25N3O/c1-15-11-16(2)22-19(12-15)20(13-17(3)25-22)23(27)26-10-9-24-21(14-26)18-7-5-4-6-8-18/h4-8,11-13,21,24H,9-10,14H2,1-3H3/t21-/m0/s1. The molecule has 0 aliphatic carbocycles. The highest BCUT2D eigenvalue weighted by Crippen LogP contribution is 2.26. The van der Waals surface area contributed by atoms with Gasteiger partial charge in [-0.25, -0.2) is 0 Å². The summed E-state index contributed by atoms with van der Waals surface area (Å²) in [4.78, 5) is 20.1. The lowest BCUT2D eigenvalue weighted by Gasteiger charge is -2.34. The quantitative estimate of drug-likeness (QED) is 0.754. The van der Waals surface area contributed by atoms with Crippen molar-refractivity contribution in [3.8, 4) is 0 Å². The van der Waals surface area contributed by atoms with E-state index in [1.807, 2.05) is 36.1 Å². The molecule has 1 aromatic heterocycles. The van der Waals surface area contributed by atoms with Gasteiger partial charge in [0.1, 0.15) is 0 Å². The highest BCUT2D eigenvalue weighted by molar-refractivity contribution is 6.07. The second-order valence-electron chi connectivity index (χ2n) is 7.46. The fourth-order valence-corrected chi connectivity index (χ4v) is 4.00.